The molecule has 1 aromatic carbocycles. The van der Waals surface area contributed by atoms with E-state index < -0.39 is 23.1 Å². The van der Waals surface area contributed by atoms with Crippen molar-refractivity contribution in [2.24, 2.45) is 5.10 Å². The summed E-state index contributed by atoms with van der Waals surface area (Å²) in [6.45, 7) is 14.1. The fourth-order valence-electron chi connectivity index (χ4n) is 3.26. The molecule has 2 rings (SSSR count). The second-order valence-electron chi connectivity index (χ2n) is 9.92. The lowest BCUT2D eigenvalue weighted by atomic mass is 9.87. The monoisotopic (exact) mass is 537 g/mol. The summed E-state index contributed by atoms with van der Waals surface area (Å²) in [5.41, 5.74) is -0.272. The van der Waals surface area contributed by atoms with Crippen LogP contribution >= 0.6 is 0 Å². The molecule has 1 saturated heterocycles. The van der Waals surface area contributed by atoms with Gasteiger partial charge in [-0.2, -0.15) is 5.10 Å². The molecule has 1 aliphatic heterocycles. The Morgan fingerprint density at radius 3 is 2.26 bits per heavy atom. The molecule has 0 aromatic heterocycles. The molecular weight excluding hydrogens is 493 g/mol. The number of carbonyl (C=O) groups excluding carboxylic acids is 3. The number of hydrazone groups is 1. The lowest BCUT2D eigenvalue weighted by Crippen LogP contribution is -2.69. The normalized spacial score (nSPS) is 15.8. The molecule has 1 aromatic rings. The van der Waals surface area contributed by atoms with Crippen LogP contribution in [-0.2, 0) is 14.3 Å². The highest BCUT2D eigenvalue weighted by atomic mass is 19.1. The summed E-state index contributed by atoms with van der Waals surface area (Å²) in [4.78, 5) is 35.2. The van der Waals surface area contributed by atoms with Gasteiger partial charge in [0, 0.05) is 33.3 Å². The number of likely N-dealkylation sites (N-methyl/N-ethyl adjacent to an activating group) is 1. The van der Waals surface area contributed by atoms with Gasteiger partial charge in [0.15, 0.2) is 6.29 Å². The molecule has 1 unspecified atom stereocenters. The minimum atomic E-state index is -0.828. The summed E-state index contributed by atoms with van der Waals surface area (Å²) in [6, 6.07) is 4.29. The number of amides is 1. The van der Waals surface area contributed by atoms with Gasteiger partial charge >= 0.3 is 6.09 Å². The maximum absolute atomic E-state index is 13.8. The molecule has 1 atom stereocenters. The first kappa shape index (κ1) is 34.7. The van der Waals surface area contributed by atoms with Crippen LogP contribution < -0.4 is 10.6 Å². The third-order valence-corrected chi connectivity index (χ3v) is 4.95. The van der Waals surface area contributed by atoms with Gasteiger partial charge in [-0.3, -0.25) is 9.59 Å². The Morgan fingerprint density at radius 2 is 1.84 bits per heavy atom. The number of rotatable bonds is 8. The molecule has 1 amide bonds. The standard InChI is InChI=1S/C14H16FN3O2.C11H22N2O3.C2H6/c1-10-4-5-12(11(15)8-10)16-13(6-7-19)14(9-20)17-18(2)3;1-8(11(15)6-13(5)7-11)12-9(14)16-10(2,3)4;1-2/h4-9,16H,1-3H3;8,15H,6-7H2,1-5H3,(H,12,14);1-2H3/b13-6+,17-14-;;. The van der Waals surface area contributed by atoms with E-state index >= 15 is 0 Å². The average molecular weight is 538 g/mol. The van der Waals surface area contributed by atoms with Crippen molar-refractivity contribution in [2.75, 3.05) is 39.5 Å². The summed E-state index contributed by atoms with van der Waals surface area (Å²) in [6.07, 6.45) is 1.64. The van der Waals surface area contributed by atoms with Crippen molar-refractivity contribution in [1.82, 2.24) is 15.2 Å². The minimum Gasteiger partial charge on any atom is -0.444 e. The van der Waals surface area contributed by atoms with E-state index in [0.717, 1.165) is 11.6 Å². The molecule has 10 nitrogen and oxygen atoms in total. The van der Waals surface area contributed by atoms with E-state index in [1.165, 1.54) is 17.1 Å². The van der Waals surface area contributed by atoms with Crippen molar-refractivity contribution in [3.63, 3.8) is 0 Å². The van der Waals surface area contributed by atoms with Crippen LogP contribution in [0.2, 0.25) is 0 Å². The van der Waals surface area contributed by atoms with Crippen molar-refractivity contribution in [1.29, 1.82) is 0 Å². The van der Waals surface area contributed by atoms with E-state index in [1.54, 1.807) is 34.0 Å². The molecule has 3 N–H and O–H groups in total. The molecular formula is C27H44FN5O5. The summed E-state index contributed by atoms with van der Waals surface area (Å²) < 4.78 is 18.9. The first-order valence-electron chi connectivity index (χ1n) is 12.4. The highest BCUT2D eigenvalue weighted by Gasteiger charge is 2.44. The van der Waals surface area contributed by atoms with Crippen LogP contribution in [0, 0.1) is 12.7 Å². The van der Waals surface area contributed by atoms with Gasteiger partial charge in [-0.25, -0.2) is 9.18 Å². The van der Waals surface area contributed by atoms with Crippen LogP contribution in [0.15, 0.2) is 35.1 Å². The van der Waals surface area contributed by atoms with Gasteiger partial charge in [0.05, 0.1) is 17.4 Å². The topological polar surface area (TPSA) is 124 Å². The predicted molar refractivity (Wildman–Crippen MR) is 149 cm³/mol. The minimum absolute atomic E-state index is 0.00192. The fourth-order valence-corrected chi connectivity index (χ4v) is 3.26. The number of carbonyl (C=O) groups is 3. The Labute approximate surface area is 225 Å². The quantitative estimate of drug-likeness (QED) is 0.200. The number of nitrogens with one attached hydrogen (secondary N) is 2. The zero-order valence-electron chi connectivity index (χ0n) is 24.3. The van der Waals surface area contributed by atoms with E-state index in [-0.39, 0.29) is 23.1 Å². The Bertz CT molecular complexity index is 983. The summed E-state index contributed by atoms with van der Waals surface area (Å²) >= 11 is 0. The van der Waals surface area contributed by atoms with Gasteiger partial charge in [-0.05, 0) is 59.4 Å². The number of hydrogen-bond acceptors (Lipinski definition) is 9. The van der Waals surface area contributed by atoms with Crippen molar-refractivity contribution < 1.29 is 28.6 Å². The van der Waals surface area contributed by atoms with Crippen molar-refractivity contribution in [2.45, 2.75) is 65.7 Å². The number of β-amino-alcohol motifs (C(OH)–C–C–N with tert-alkyl or cyclic N) is 1. The maximum atomic E-state index is 13.8. The Hall–Kier alpha value is -3.31. The molecule has 1 aliphatic rings. The number of alkyl carbamates (subject to hydrolysis) is 1. The number of allylic oxidation sites excluding steroid dienone is 2. The Morgan fingerprint density at radius 1 is 1.26 bits per heavy atom. The average Bonchev–Trinajstić information content (AvgIpc) is 2.78. The number of aryl methyl sites for hydroxylation is 1. The van der Waals surface area contributed by atoms with Crippen molar-refractivity contribution in [3.8, 4) is 0 Å². The molecule has 0 radical (unpaired) electrons. The number of ether oxygens (including phenoxy) is 1. The molecule has 1 heterocycles. The molecule has 11 heteroatoms. The number of aliphatic hydroxyl groups is 1. The van der Waals surface area contributed by atoms with Crippen molar-refractivity contribution >= 4 is 30.1 Å². The number of aldehydes is 2. The van der Waals surface area contributed by atoms with E-state index in [9.17, 15) is 23.9 Å². The number of benzene rings is 1. The summed E-state index contributed by atoms with van der Waals surface area (Å²) in [7, 11) is 5.19. The number of anilines is 1. The lowest BCUT2D eigenvalue weighted by molar-refractivity contribution is -0.106. The lowest BCUT2D eigenvalue weighted by Gasteiger charge is -2.48. The zero-order valence-corrected chi connectivity index (χ0v) is 24.3. The summed E-state index contributed by atoms with van der Waals surface area (Å²) in [5, 5.41) is 20.8. The summed E-state index contributed by atoms with van der Waals surface area (Å²) in [5.74, 6) is -0.475. The number of nitrogens with zero attached hydrogens (tertiary/aromatic N) is 3. The highest BCUT2D eigenvalue weighted by molar-refractivity contribution is 6.37. The Balaban J connectivity index is 0.000000690. The van der Waals surface area contributed by atoms with E-state index in [1.807, 2.05) is 46.6 Å². The SMILES string of the molecule is CC.CC(NC(=O)OC(C)(C)C)C1(O)CN(C)C1.Cc1ccc(NC(=C/C=O)/C(C=O)=N\N(C)C)c(F)c1. The molecule has 0 aliphatic carbocycles. The molecule has 0 saturated carbocycles. The number of halogens is 1. The van der Waals surface area contributed by atoms with Gasteiger partial charge in [0.1, 0.15) is 29.0 Å². The first-order chi connectivity index (χ1) is 17.6. The second kappa shape index (κ2) is 15.8. The number of likely N-dealkylation sites (tertiary alicyclic amines) is 1. The maximum Gasteiger partial charge on any atom is 0.407 e. The zero-order chi connectivity index (χ0) is 29.7. The molecule has 0 bridgehead atoms. The van der Waals surface area contributed by atoms with Crippen LogP contribution in [0.4, 0.5) is 14.9 Å². The van der Waals surface area contributed by atoms with Crippen LogP contribution in [0.1, 0.15) is 47.1 Å². The van der Waals surface area contributed by atoms with Crippen LogP contribution in [0.5, 0.6) is 0 Å². The van der Waals surface area contributed by atoms with Crippen LogP contribution in [0.3, 0.4) is 0 Å². The van der Waals surface area contributed by atoms with Gasteiger partial charge in [0.25, 0.3) is 0 Å². The van der Waals surface area contributed by atoms with Crippen molar-refractivity contribution in [3.05, 3.63) is 41.4 Å². The molecule has 214 valence electrons. The number of hydrogen-bond donors (Lipinski definition) is 3. The molecule has 0 spiro atoms. The van der Waals surface area contributed by atoms with Crippen LogP contribution in [0.25, 0.3) is 0 Å². The highest BCUT2D eigenvalue weighted by Crippen LogP contribution is 2.23. The van der Waals surface area contributed by atoms with E-state index in [4.69, 9.17) is 4.74 Å². The van der Waals surface area contributed by atoms with Crippen LogP contribution in [-0.4, -0.2) is 90.9 Å². The Kier molecular flexibility index (Phi) is 14.5. The predicted octanol–water partition coefficient (Wildman–Crippen LogP) is 3.35. The third kappa shape index (κ3) is 12.3. The van der Waals surface area contributed by atoms with Gasteiger partial charge in [-0.15, -0.1) is 0 Å². The van der Waals surface area contributed by atoms with Gasteiger partial charge in [-0.1, -0.05) is 19.9 Å². The first-order valence-corrected chi connectivity index (χ1v) is 12.4. The smallest absolute Gasteiger partial charge is 0.407 e. The van der Waals surface area contributed by atoms with E-state index in [0.29, 0.717) is 25.7 Å². The molecule has 38 heavy (non-hydrogen) atoms. The fraction of sp³-hybridized carbons (Fsp3) is 0.556. The molecule has 1 fully saturated rings. The largest absolute Gasteiger partial charge is 0.444 e. The third-order valence-electron chi connectivity index (χ3n) is 4.95. The van der Waals surface area contributed by atoms with Gasteiger partial charge in [0.2, 0.25) is 0 Å². The van der Waals surface area contributed by atoms with Gasteiger partial charge < -0.3 is 30.4 Å². The second-order valence-corrected chi connectivity index (χ2v) is 9.92. The van der Waals surface area contributed by atoms with E-state index in [2.05, 4.69) is 15.7 Å².